The molecule has 86 valence electrons. The van der Waals surface area contributed by atoms with E-state index in [4.69, 9.17) is 14.7 Å². The molecular weight excluding hydrogens is 202 g/mol. The van der Waals surface area contributed by atoms with Crippen molar-refractivity contribution in [3.05, 3.63) is 24.3 Å². The highest BCUT2D eigenvalue weighted by molar-refractivity contribution is 5.31. The zero-order valence-corrected chi connectivity index (χ0v) is 9.77. The fraction of sp³-hybridized carbons (Fsp3) is 0.462. The van der Waals surface area contributed by atoms with Crippen LogP contribution in [0, 0.1) is 11.3 Å². The molecule has 0 aliphatic rings. The summed E-state index contributed by atoms with van der Waals surface area (Å²) in [7, 11) is 0. The molecule has 1 unspecified atom stereocenters. The number of hydrogen-bond acceptors (Lipinski definition) is 3. The van der Waals surface area contributed by atoms with Crippen LogP contribution in [0.5, 0.6) is 11.5 Å². The Morgan fingerprint density at radius 3 is 2.31 bits per heavy atom. The maximum Gasteiger partial charge on any atom is 0.184 e. The first-order valence-electron chi connectivity index (χ1n) is 5.59. The summed E-state index contributed by atoms with van der Waals surface area (Å²) >= 11 is 0. The molecule has 0 aromatic heterocycles. The van der Waals surface area contributed by atoms with Gasteiger partial charge in [-0.05, 0) is 37.1 Å². The number of rotatable bonds is 6. The van der Waals surface area contributed by atoms with Crippen LogP contribution in [0.2, 0.25) is 0 Å². The first-order valence-corrected chi connectivity index (χ1v) is 5.59. The largest absolute Gasteiger partial charge is 0.494 e. The van der Waals surface area contributed by atoms with Gasteiger partial charge in [-0.15, -0.1) is 0 Å². The van der Waals surface area contributed by atoms with Gasteiger partial charge in [-0.3, -0.25) is 0 Å². The molecule has 0 aliphatic carbocycles. The Hall–Kier alpha value is -1.69. The molecule has 0 radical (unpaired) electrons. The van der Waals surface area contributed by atoms with Crippen molar-refractivity contribution in [1.29, 1.82) is 5.26 Å². The monoisotopic (exact) mass is 219 g/mol. The van der Waals surface area contributed by atoms with Gasteiger partial charge in [0.25, 0.3) is 0 Å². The van der Waals surface area contributed by atoms with Gasteiger partial charge in [0.1, 0.15) is 17.6 Å². The summed E-state index contributed by atoms with van der Waals surface area (Å²) in [5, 5.41) is 8.76. The second kappa shape index (κ2) is 6.73. The van der Waals surface area contributed by atoms with Crippen molar-refractivity contribution in [3.8, 4) is 17.6 Å². The highest BCUT2D eigenvalue weighted by Crippen LogP contribution is 2.19. The van der Waals surface area contributed by atoms with E-state index < -0.39 is 0 Å². The minimum atomic E-state index is -0.373. The lowest BCUT2D eigenvalue weighted by Crippen LogP contribution is -2.11. The highest BCUT2D eigenvalue weighted by Gasteiger charge is 2.05. The zero-order chi connectivity index (χ0) is 11.8. The first kappa shape index (κ1) is 12.4. The van der Waals surface area contributed by atoms with E-state index in [9.17, 15) is 0 Å². The molecule has 0 bridgehead atoms. The van der Waals surface area contributed by atoms with Crippen molar-refractivity contribution in [2.75, 3.05) is 6.61 Å². The molecule has 0 N–H and O–H groups in total. The van der Waals surface area contributed by atoms with E-state index >= 15 is 0 Å². The van der Waals surface area contributed by atoms with Gasteiger partial charge in [-0.2, -0.15) is 5.26 Å². The third-order valence-electron chi connectivity index (χ3n) is 2.09. The van der Waals surface area contributed by atoms with E-state index in [2.05, 4.69) is 13.0 Å². The van der Waals surface area contributed by atoms with Gasteiger partial charge in [-0.1, -0.05) is 13.8 Å². The van der Waals surface area contributed by atoms with Crippen LogP contribution in [0.4, 0.5) is 0 Å². The second-order valence-electron chi connectivity index (χ2n) is 3.46. The molecule has 0 fully saturated rings. The van der Waals surface area contributed by atoms with E-state index in [0.717, 1.165) is 18.8 Å². The summed E-state index contributed by atoms with van der Waals surface area (Å²) < 4.78 is 10.9. The molecule has 1 aromatic rings. The van der Waals surface area contributed by atoms with Crippen LogP contribution in [-0.4, -0.2) is 12.7 Å². The van der Waals surface area contributed by atoms with Crippen LogP contribution in [0.25, 0.3) is 0 Å². The maximum absolute atomic E-state index is 8.76. The third-order valence-corrected chi connectivity index (χ3v) is 2.09. The molecule has 1 rings (SSSR count). The van der Waals surface area contributed by atoms with Crippen LogP contribution in [0.1, 0.15) is 26.7 Å². The van der Waals surface area contributed by atoms with Crippen molar-refractivity contribution < 1.29 is 9.47 Å². The summed E-state index contributed by atoms with van der Waals surface area (Å²) in [4.78, 5) is 0. The maximum atomic E-state index is 8.76. The van der Waals surface area contributed by atoms with Gasteiger partial charge >= 0.3 is 0 Å². The van der Waals surface area contributed by atoms with Gasteiger partial charge in [0.2, 0.25) is 0 Å². The fourth-order valence-corrected chi connectivity index (χ4v) is 1.20. The lowest BCUT2D eigenvalue weighted by Gasteiger charge is -2.10. The molecule has 0 saturated carbocycles. The zero-order valence-electron chi connectivity index (χ0n) is 9.77. The predicted molar refractivity (Wildman–Crippen MR) is 62.5 cm³/mol. The first-order chi connectivity index (χ1) is 7.80. The summed E-state index contributed by atoms with van der Waals surface area (Å²) in [5.74, 6) is 1.54. The van der Waals surface area contributed by atoms with E-state index in [0.29, 0.717) is 12.2 Å². The molecule has 1 atom stereocenters. The van der Waals surface area contributed by atoms with Crippen LogP contribution in [-0.2, 0) is 0 Å². The molecule has 16 heavy (non-hydrogen) atoms. The third kappa shape index (κ3) is 3.82. The lowest BCUT2D eigenvalue weighted by molar-refractivity contribution is 0.251. The molecular formula is C13H17NO2. The van der Waals surface area contributed by atoms with Gasteiger partial charge < -0.3 is 9.47 Å². The Bertz CT molecular complexity index is 340. The number of benzene rings is 1. The van der Waals surface area contributed by atoms with Crippen molar-refractivity contribution in [2.24, 2.45) is 0 Å². The normalized spacial score (nSPS) is 11.6. The summed E-state index contributed by atoms with van der Waals surface area (Å²) in [6, 6.07) is 9.46. The quantitative estimate of drug-likeness (QED) is 0.738. The van der Waals surface area contributed by atoms with Crippen molar-refractivity contribution in [1.82, 2.24) is 0 Å². The Balaban J connectivity index is 2.54. The SMILES string of the molecule is CCCOc1ccc(OC(C#N)CC)cc1. The molecule has 3 nitrogen and oxygen atoms in total. The minimum absolute atomic E-state index is 0.373. The molecule has 0 aliphatic heterocycles. The van der Waals surface area contributed by atoms with Gasteiger partial charge in [0.15, 0.2) is 6.10 Å². The van der Waals surface area contributed by atoms with E-state index in [1.807, 2.05) is 31.2 Å². The smallest absolute Gasteiger partial charge is 0.184 e. The predicted octanol–water partition coefficient (Wildman–Crippen LogP) is 3.16. The van der Waals surface area contributed by atoms with Gasteiger partial charge in [0.05, 0.1) is 6.61 Å². The minimum Gasteiger partial charge on any atom is -0.494 e. The van der Waals surface area contributed by atoms with E-state index in [1.165, 1.54) is 0 Å². The number of ether oxygens (including phenoxy) is 2. The molecule has 0 amide bonds. The molecule has 0 saturated heterocycles. The highest BCUT2D eigenvalue weighted by atomic mass is 16.5. The molecule has 3 heteroatoms. The Morgan fingerprint density at radius 2 is 1.81 bits per heavy atom. The Kier molecular flexibility index (Phi) is 5.21. The van der Waals surface area contributed by atoms with Crippen LogP contribution < -0.4 is 9.47 Å². The number of nitriles is 1. The summed E-state index contributed by atoms with van der Waals surface area (Å²) in [5.41, 5.74) is 0. The number of hydrogen-bond donors (Lipinski definition) is 0. The van der Waals surface area contributed by atoms with Crippen LogP contribution >= 0.6 is 0 Å². The van der Waals surface area contributed by atoms with E-state index in [-0.39, 0.29) is 6.10 Å². The molecule has 1 aromatic carbocycles. The van der Waals surface area contributed by atoms with Gasteiger partial charge in [0, 0.05) is 0 Å². The van der Waals surface area contributed by atoms with Gasteiger partial charge in [-0.25, -0.2) is 0 Å². The summed E-state index contributed by atoms with van der Waals surface area (Å²) in [6.45, 7) is 4.71. The average Bonchev–Trinajstić information content (AvgIpc) is 2.35. The Labute approximate surface area is 96.6 Å². The molecule has 0 spiro atoms. The fourth-order valence-electron chi connectivity index (χ4n) is 1.20. The van der Waals surface area contributed by atoms with Crippen LogP contribution in [0.15, 0.2) is 24.3 Å². The van der Waals surface area contributed by atoms with Crippen LogP contribution in [0.3, 0.4) is 0 Å². The Morgan fingerprint density at radius 1 is 1.19 bits per heavy atom. The topological polar surface area (TPSA) is 42.2 Å². The standard InChI is InChI=1S/C13H17NO2/c1-3-9-15-12-5-7-13(8-6-12)16-11(4-2)10-14/h5-8,11H,3-4,9H2,1-2H3. The molecule has 0 heterocycles. The lowest BCUT2D eigenvalue weighted by atomic mass is 10.3. The van der Waals surface area contributed by atoms with Crippen molar-refractivity contribution >= 4 is 0 Å². The van der Waals surface area contributed by atoms with E-state index in [1.54, 1.807) is 0 Å². The van der Waals surface area contributed by atoms with Crippen molar-refractivity contribution in [2.45, 2.75) is 32.8 Å². The van der Waals surface area contributed by atoms with Crippen molar-refractivity contribution in [3.63, 3.8) is 0 Å². The summed E-state index contributed by atoms with van der Waals surface area (Å²) in [6.07, 6.45) is 1.30. The average molecular weight is 219 g/mol. The number of nitrogens with zero attached hydrogens (tertiary/aromatic N) is 1. The second-order valence-corrected chi connectivity index (χ2v) is 3.46.